The van der Waals surface area contributed by atoms with E-state index in [4.69, 9.17) is 4.74 Å². The van der Waals surface area contributed by atoms with Gasteiger partial charge in [-0.1, -0.05) is 36.4 Å². The van der Waals surface area contributed by atoms with Crippen LogP contribution in [0.4, 0.5) is 5.69 Å². The molecule has 0 radical (unpaired) electrons. The molecule has 0 atom stereocenters. The lowest BCUT2D eigenvalue weighted by atomic mass is 10.1. The van der Waals surface area contributed by atoms with Gasteiger partial charge in [-0.2, -0.15) is 0 Å². The molecular formula is C27H22BrNO4. The van der Waals surface area contributed by atoms with E-state index in [1.165, 1.54) is 6.07 Å². The second-order valence-corrected chi connectivity index (χ2v) is 8.42. The molecule has 0 spiro atoms. The van der Waals surface area contributed by atoms with Gasteiger partial charge in [0, 0.05) is 5.57 Å². The van der Waals surface area contributed by atoms with Crippen LogP contribution in [0.2, 0.25) is 0 Å². The van der Waals surface area contributed by atoms with Crippen LogP contribution in [0.25, 0.3) is 11.8 Å². The molecule has 0 aliphatic carbocycles. The molecule has 0 unspecified atom stereocenters. The molecule has 1 aliphatic rings. The normalized spacial score (nSPS) is 14.5. The van der Waals surface area contributed by atoms with Crippen LogP contribution >= 0.6 is 15.9 Å². The number of carbonyl (C=O) groups is 2. The molecule has 1 N–H and O–H groups in total. The summed E-state index contributed by atoms with van der Waals surface area (Å²) in [5.74, 6) is -0.434. The van der Waals surface area contributed by atoms with E-state index in [2.05, 4.69) is 15.9 Å². The summed E-state index contributed by atoms with van der Waals surface area (Å²) in [7, 11) is 0. The van der Waals surface area contributed by atoms with E-state index < -0.39 is 5.97 Å². The van der Waals surface area contributed by atoms with E-state index >= 15 is 0 Å². The third-order valence-corrected chi connectivity index (χ3v) is 5.94. The Kier molecular flexibility index (Phi) is 6.47. The number of hydrogen-bond donors (Lipinski definition) is 1. The van der Waals surface area contributed by atoms with Gasteiger partial charge in [-0.25, -0.2) is 4.79 Å². The number of anilines is 1. The number of halogens is 1. The smallest absolute Gasteiger partial charge is 0.335 e. The molecule has 1 amide bonds. The lowest BCUT2D eigenvalue weighted by molar-refractivity contribution is -0.113. The summed E-state index contributed by atoms with van der Waals surface area (Å²) in [6, 6.07) is 20.1. The maximum absolute atomic E-state index is 13.6. The van der Waals surface area contributed by atoms with E-state index in [0.717, 1.165) is 27.0 Å². The number of amides is 1. The number of hydrogen-bond acceptors (Lipinski definition) is 3. The van der Waals surface area contributed by atoms with Crippen LogP contribution < -0.4 is 9.64 Å². The van der Waals surface area contributed by atoms with Crippen LogP contribution in [-0.4, -0.2) is 23.6 Å². The zero-order valence-electron chi connectivity index (χ0n) is 18.2. The van der Waals surface area contributed by atoms with Crippen LogP contribution in [0.1, 0.15) is 34.0 Å². The maximum atomic E-state index is 13.6. The van der Waals surface area contributed by atoms with Crippen LogP contribution in [0.15, 0.2) is 82.9 Å². The van der Waals surface area contributed by atoms with Gasteiger partial charge in [0.1, 0.15) is 5.75 Å². The van der Waals surface area contributed by atoms with E-state index in [0.29, 0.717) is 23.4 Å². The Morgan fingerprint density at radius 2 is 1.85 bits per heavy atom. The summed E-state index contributed by atoms with van der Waals surface area (Å²) in [5.41, 5.74) is 4.56. The first-order valence-electron chi connectivity index (χ1n) is 10.5. The van der Waals surface area contributed by atoms with E-state index in [1.54, 1.807) is 17.0 Å². The van der Waals surface area contributed by atoms with Crippen LogP contribution in [0.3, 0.4) is 0 Å². The second-order valence-electron chi connectivity index (χ2n) is 7.57. The molecule has 0 fully saturated rings. The van der Waals surface area contributed by atoms with E-state index in [1.807, 2.05) is 74.5 Å². The topological polar surface area (TPSA) is 66.8 Å². The molecule has 6 heteroatoms. The minimum atomic E-state index is -1.00. The first-order chi connectivity index (χ1) is 15.9. The van der Waals surface area contributed by atoms with Gasteiger partial charge < -0.3 is 9.84 Å². The molecule has 3 aromatic rings. The highest BCUT2D eigenvalue weighted by atomic mass is 79.9. The molecule has 0 aromatic heterocycles. The molecule has 1 aliphatic heterocycles. The molecule has 0 saturated carbocycles. The van der Waals surface area contributed by atoms with Gasteiger partial charge in [-0.05, 0) is 89.0 Å². The number of benzene rings is 3. The van der Waals surface area contributed by atoms with Crippen molar-refractivity contribution in [2.75, 3.05) is 11.5 Å². The summed E-state index contributed by atoms with van der Waals surface area (Å²) in [6.45, 7) is 4.30. The van der Waals surface area contributed by atoms with Gasteiger partial charge in [-0.15, -0.1) is 0 Å². The molecule has 0 bridgehead atoms. The van der Waals surface area contributed by atoms with Gasteiger partial charge >= 0.3 is 5.97 Å². The molecular weight excluding hydrogens is 482 g/mol. The van der Waals surface area contributed by atoms with Crippen LogP contribution in [0.5, 0.6) is 5.75 Å². The molecule has 3 aromatic carbocycles. The number of carboxylic acid groups (broad SMARTS) is 1. The minimum absolute atomic E-state index is 0.176. The summed E-state index contributed by atoms with van der Waals surface area (Å²) in [6.07, 6.45) is 3.71. The highest BCUT2D eigenvalue weighted by Gasteiger charge is 2.31. The fraction of sp³-hybridized carbons (Fsp3) is 0.111. The highest BCUT2D eigenvalue weighted by molar-refractivity contribution is 9.10. The summed E-state index contributed by atoms with van der Waals surface area (Å²) < 4.78 is 6.39. The van der Waals surface area contributed by atoms with Crippen LogP contribution in [0, 0.1) is 6.92 Å². The van der Waals surface area contributed by atoms with E-state index in [-0.39, 0.29) is 11.5 Å². The second kappa shape index (κ2) is 9.46. The van der Waals surface area contributed by atoms with Crippen molar-refractivity contribution in [2.24, 2.45) is 0 Å². The Morgan fingerprint density at radius 3 is 2.48 bits per heavy atom. The Bertz CT molecular complexity index is 1290. The van der Waals surface area contributed by atoms with Gasteiger partial charge in [0.25, 0.3) is 5.91 Å². The molecule has 4 rings (SSSR count). The lowest BCUT2D eigenvalue weighted by Gasteiger charge is -2.23. The Balaban J connectivity index is 1.79. The minimum Gasteiger partial charge on any atom is -0.493 e. The quantitative estimate of drug-likeness (QED) is 0.399. The maximum Gasteiger partial charge on any atom is 0.335 e. The first-order valence-corrected chi connectivity index (χ1v) is 11.3. The van der Waals surface area contributed by atoms with Crippen molar-refractivity contribution in [3.8, 4) is 5.75 Å². The zero-order chi connectivity index (χ0) is 23.5. The largest absolute Gasteiger partial charge is 0.493 e. The molecule has 1 heterocycles. The number of ether oxygens (including phenoxy) is 1. The van der Waals surface area contributed by atoms with Gasteiger partial charge in [0.05, 0.1) is 28.0 Å². The lowest BCUT2D eigenvalue weighted by Crippen LogP contribution is -2.25. The number of carboxylic acids is 1. The first kappa shape index (κ1) is 22.6. The number of nitrogens with zero attached hydrogens (tertiary/aromatic N) is 1. The van der Waals surface area contributed by atoms with Crippen molar-refractivity contribution >= 4 is 45.3 Å². The predicted molar refractivity (Wildman–Crippen MR) is 133 cm³/mol. The monoisotopic (exact) mass is 503 g/mol. The van der Waals surface area contributed by atoms with Crippen molar-refractivity contribution in [1.82, 2.24) is 0 Å². The standard InChI is InChI=1S/C27H22BrNO4/c1-3-33-25-12-9-18(15-22(25)28)14-21-16-24(19-7-5-4-6-8-19)29(26(21)30)23-11-10-20(27(31)32)13-17(23)2/h4-16H,3H2,1-2H3,(H,31,32)/b21-14+. The third kappa shape index (κ3) is 4.61. The van der Waals surface area contributed by atoms with Crippen molar-refractivity contribution in [2.45, 2.75) is 13.8 Å². The molecule has 0 saturated heterocycles. The molecule has 33 heavy (non-hydrogen) atoms. The van der Waals surface area contributed by atoms with Crippen molar-refractivity contribution < 1.29 is 19.4 Å². The SMILES string of the molecule is CCOc1ccc(/C=C2\C=C(c3ccccc3)N(c3ccc(C(=O)O)cc3C)C2=O)cc1Br. The number of aromatic carboxylic acids is 1. The highest BCUT2D eigenvalue weighted by Crippen LogP contribution is 2.37. The van der Waals surface area contributed by atoms with Gasteiger partial charge in [-0.3, -0.25) is 9.69 Å². The van der Waals surface area contributed by atoms with Gasteiger partial charge in [0.15, 0.2) is 0 Å². The van der Waals surface area contributed by atoms with Crippen LogP contribution in [-0.2, 0) is 4.79 Å². The Hall–Kier alpha value is -3.64. The predicted octanol–water partition coefficient (Wildman–Crippen LogP) is 6.33. The number of carbonyl (C=O) groups excluding carboxylic acids is 1. The van der Waals surface area contributed by atoms with Crippen molar-refractivity contribution in [1.29, 1.82) is 0 Å². The summed E-state index contributed by atoms with van der Waals surface area (Å²) >= 11 is 3.52. The summed E-state index contributed by atoms with van der Waals surface area (Å²) in [4.78, 5) is 26.6. The fourth-order valence-corrected chi connectivity index (χ4v) is 4.29. The average Bonchev–Trinajstić information content (AvgIpc) is 3.12. The molecule has 166 valence electrons. The summed E-state index contributed by atoms with van der Waals surface area (Å²) in [5, 5.41) is 9.32. The number of aryl methyl sites for hydroxylation is 1. The van der Waals surface area contributed by atoms with Crippen molar-refractivity contribution in [3.05, 3.63) is 105 Å². The average molecular weight is 504 g/mol. The van der Waals surface area contributed by atoms with Crippen molar-refractivity contribution in [3.63, 3.8) is 0 Å². The fourth-order valence-electron chi connectivity index (χ4n) is 3.77. The molecule has 5 nitrogen and oxygen atoms in total. The van der Waals surface area contributed by atoms with Gasteiger partial charge in [0.2, 0.25) is 0 Å². The Labute approximate surface area is 200 Å². The Morgan fingerprint density at radius 1 is 1.09 bits per heavy atom. The van der Waals surface area contributed by atoms with E-state index in [9.17, 15) is 14.7 Å². The third-order valence-electron chi connectivity index (χ3n) is 5.32. The zero-order valence-corrected chi connectivity index (χ0v) is 19.8. The number of rotatable bonds is 6.